The zero-order valence-electron chi connectivity index (χ0n) is 19.6. The number of aromatic nitrogens is 3. The van der Waals surface area contributed by atoms with Gasteiger partial charge in [-0.1, -0.05) is 74.7 Å². The van der Waals surface area contributed by atoms with E-state index in [0.29, 0.717) is 28.8 Å². The molecule has 0 fully saturated rings. The molecule has 0 bridgehead atoms. The summed E-state index contributed by atoms with van der Waals surface area (Å²) in [6.07, 6.45) is 5.91. The number of non-ortho nitro benzene ring substituents is 1. The van der Waals surface area contributed by atoms with E-state index in [2.05, 4.69) is 22.4 Å². The van der Waals surface area contributed by atoms with Crippen molar-refractivity contribution in [1.82, 2.24) is 20.1 Å². The van der Waals surface area contributed by atoms with Gasteiger partial charge in [-0.2, -0.15) is 0 Å². The molecule has 0 aliphatic rings. The van der Waals surface area contributed by atoms with Gasteiger partial charge in [-0.3, -0.25) is 19.5 Å². The molecule has 9 heteroatoms. The van der Waals surface area contributed by atoms with Crippen molar-refractivity contribution in [2.24, 2.45) is 0 Å². The van der Waals surface area contributed by atoms with Crippen LogP contribution in [0.4, 0.5) is 5.69 Å². The number of carbonyl (C=O) groups excluding carboxylic acids is 1. The van der Waals surface area contributed by atoms with Gasteiger partial charge in [0.2, 0.25) is 5.91 Å². The zero-order valence-corrected chi connectivity index (χ0v) is 20.5. The number of amides is 1. The lowest BCUT2D eigenvalue weighted by atomic mass is 10.1. The van der Waals surface area contributed by atoms with Crippen molar-refractivity contribution < 1.29 is 9.72 Å². The highest BCUT2D eigenvalue weighted by Gasteiger charge is 2.21. The molecule has 34 heavy (non-hydrogen) atoms. The molecular formula is C25H31N5O3S. The van der Waals surface area contributed by atoms with Gasteiger partial charge in [0.1, 0.15) is 0 Å². The maximum absolute atomic E-state index is 12.5. The number of hydrogen-bond acceptors (Lipinski definition) is 6. The number of nitro benzene ring substituents is 1. The maximum atomic E-state index is 12.5. The molecule has 0 radical (unpaired) electrons. The van der Waals surface area contributed by atoms with E-state index < -0.39 is 4.92 Å². The SMILES string of the molecule is CCCCCCCC(=O)NC(C)c1nnc(SCc2ccccc2)n1-c1ccc([N+](=O)[O-])cc1. The first kappa shape index (κ1) is 25.4. The van der Waals surface area contributed by atoms with Crippen molar-refractivity contribution in [2.45, 2.75) is 69.3 Å². The Bertz CT molecular complexity index is 1070. The molecule has 1 atom stereocenters. The summed E-state index contributed by atoms with van der Waals surface area (Å²) in [5.41, 5.74) is 1.87. The van der Waals surface area contributed by atoms with E-state index in [1.807, 2.05) is 41.8 Å². The normalized spacial score (nSPS) is 11.8. The first-order valence-corrected chi connectivity index (χ1v) is 12.6. The van der Waals surface area contributed by atoms with Crippen molar-refractivity contribution in [3.8, 4) is 5.69 Å². The summed E-state index contributed by atoms with van der Waals surface area (Å²) in [6, 6.07) is 16.0. The Kier molecular flexibility index (Phi) is 9.63. The lowest BCUT2D eigenvalue weighted by molar-refractivity contribution is -0.384. The van der Waals surface area contributed by atoms with E-state index in [0.717, 1.165) is 24.8 Å². The lowest BCUT2D eigenvalue weighted by Crippen LogP contribution is -2.28. The van der Waals surface area contributed by atoms with E-state index in [-0.39, 0.29) is 17.6 Å². The third-order valence-electron chi connectivity index (χ3n) is 5.46. The molecule has 1 unspecified atom stereocenters. The first-order chi connectivity index (χ1) is 16.5. The van der Waals surface area contributed by atoms with Crippen molar-refractivity contribution in [1.29, 1.82) is 0 Å². The largest absolute Gasteiger partial charge is 0.346 e. The van der Waals surface area contributed by atoms with Gasteiger partial charge in [-0.15, -0.1) is 10.2 Å². The third-order valence-corrected chi connectivity index (χ3v) is 6.46. The fourth-order valence-electron chi connectivity index (χ4n) is 3.61. The van der Waals surface area contributed by atoms with Gasteiger partial charge >= 0.3 is 0 Å². The number of benzene rings is 2. The van der Waals surface area contributed by atoms with Crippen LogP contribution in [-0.4, -0.2) is 25.6 Å². The molecule has 3 rings (SSSR count). The average molecular weight is 482 g/mol. The van der Waals surface area contributed by atoms with Crippen molar-refractivity contribution >= 4 is 23.4 Å². The molecule has 0 aliphatic heterocycles. The second-order valence-corrected chi connectivity index (χ2v) is 9.12. The molecule has 3 aromatic rings. The van der Waals surface area contributed by atoms with Crippen LogP contribution in [0.5, 0.6) is 0 Å². The van der Waals surface area contributed by atoms with Gasteiger partial charge in [0.25, 0.3) is 5.69 Å². The van der Waals surface area contributed by atoms with Crippen LogP contribution >= 0.6 is 11.8 Å². The van der Waals surface area contributed by atoms with Crippen LogP contribution in [0.25, 0.3) is 5.69 Å². The molecule has 2 aromatic carbocycles. The molecular weight excluding hydrogens is 450 g/mol. The molecule has 180 valence electrons. The van der Waals surface area contributed by atoms with Crippen LogP contribution in [0.1, 0.15) is 69.8 Å². The van der Waals surface area contributed by atoms with Crippen molar-refractivity contribution in [3.63, 3.8) is 0 Å². The van der Waals surface area contributed by atoms with E-state index in [4.69, 9.17) is 0 Å². The maximum Gasteiger partial charge on any atom is 0.269 e. The highest BCUT2D eigenvalue weighted by atomic mass is 32.2. The predicted octanol–water partition coefficient (Wildman–Crippen LogP) is 6.01. The molecule has 0 saturated heterocycles. The van der Waals surface area contributed by atoms with Gasteiger partial charge in [0.05, 0.1) is 11.0 Å². The number of nitrogens with zero attached hydrogens (tertiary/aromatic N) is 4. The Hall–Kier alpha value is -3.20. The smallest absolute Gasteiger partial charge is 0.269 e. The lowest BCUT2D eigenvalue weighted by Gasteiger charge is -2.16. The second kappa shape index (κ2) is 12.9. The van der Waals surface area contributed by atoms with E-state index in [1.165, 1.54) is 36.7 Å². The zero-order chi connectivity index (χ0) is 24.3. The predicted molar refractivity (Wildman–Crippen MR) is 134 cm³/mol. The van der Waals surface area contributed by atoms with E-state index in [9.17, 15) is 14.9 Å². The molecule has 0 saturated carbocycles. The summed E-state index contributed by atoms with van der Waals surface area (Å²) in [4.78, 5) is 23.2. The minimum Gasteiger partial charge on any atom is -0.346 e. The molecule has 0 aliphatic carbocycles. The number of thioether (sulfide) groups is 1. The van der Waals surface area contributed by atoms with Crippen LogP contribution < -0.4 is 5.32 Å². The molecule has 1 N–H and O–H groups in total. The summed E-state index contributed by atoms with van der Waals surface area (Å²) in [6.45, 7) is 4.05. The Morgan fingerprint density at radius 2 is 1.76 bits per heavy atom. The topological polar surface area (TPSA) is 103 Å². The number of rotatable bonds is 13. The van der Waals surface area contributed by atoms with E-state index >= 15 is 0 Å². The summed E-state index contributed by atoms with van der Waals surface area (Å²) in [7, 11) is 0. The molecule has 1 heterocycles. The highest BCUT2D eigenvalue weighted by molar-refractivity contribution is 7.98. The Morgan fingerprint density at radius 1 is 1.06 bits per heavy atom. The minimum absolute atomic E-state index is 0.0132. The summed E-state index contributed by atoms with van der Waals surface area (Å²) in [5.74, 6) is 1.27. The van der Waals surface area contributed by atoms with Crippen LogP contribution in [0, 0.1) is 10.1 Å². The fraction of sp³-hybridized carbons (Fsp3) is 0.400. The van der Waals surface area contributed by atoms with Gasteiger partial charge in [0, 0.05) is 30.0 Å². The highest BCUT2D eigenvalue weighted by Crippen LogP contribution is 2.28. The minimum atomic E-state index is -0.425. The van der Waals surface area contributed by atoms with Gasteiger partial charge in [-0.05, 0) is 31.0 Å². The van der Waals surface area contributed by atoms with Crippen molar-refractivity contribution in [3.05, 3.63) is 76.1 Å². The Morgan fingerprint density at radius 3 is 2.44 bits per heavy atom. The molecule has 8 nitrogen and oxygen atoms in total. The first-order valence-electron chi connectivity index (χ1n) is 11.7. The van der Waals surface area contributed by atoms with Gasteiger partial charge in [-0.25, -0.2) is 0 Å². The van der Waals surface area contributed by atoms with E-state index in [1.54, 1.807) is 12.1 Å². The quantitative estimate of drug-likeness (QED) is 0.139. The monoisotopic (exact) mass is 481 g/mol. The molecule has 1 amide bonds. The summed E-state index contributed by atoms with van der Waals surface area (Å²) in [5, 5.41) is 23.5. The van der Waals surface area contributed by atoms with Crippen LogP contribution in [-0.2, 0) is 10.5 Å². The van der Waals surface area contributed by atoms with Gasteiger partial charge < -0.3 is 5.32 Å². The fourth-order valence-corrected chi connectivity index (χ4v) is 4.53. The standard InChI is InChI=1S/C25H31N5O3S/c1-3-4-5-6-10-13-23(31)26-19(2)24-27-28-25(34-18-20-11-8-7-9-12-20)29(24)21-14-16-22(17-15-21)30(32)33/h7-9,11-12,14-17,19H,3-6,10,13,18H2,1-2H3,(H,26,31). The molecule has 0 spiro atoms. The number of unbranched alkanes of at least 4 members (excludes halogenated alkanes) is 4. The van der Waals surface area contributed by atoms with Crippen molar-refractivity contribution in [2.75, 3.05) is 0 Å². The van der Waals surface area contributed by atoms with Crippen LogP contribution in [0.2, 0.25) is 0 Å². The number of carbonyl (C=O) groups is 1. The Balaban J connectivity index is 1.78. The molecule has 1 aromatic heterocycles. The second-order valence-electron chi connectivity index (χ2n) is 8.18. The average Bonchev–Trinajstić information content (AvgIpc) is 3.27. The van der Waals surface area contributed by atoms with Crippen LogP contribution in [0.3, 0.4) is 0 Å². The number of nitrogens with one attached hydrogen (secondary N) is 1. The Labute approximate surface area is 204 Å². The van der Waals surface area contributed by atoms with Crippen LogP contribution in [0.15, 0.2) is 59.8 Å². The van der Waals surface area contributed by atoms with Gasteiger partial charge in [0.15, 0.2) is 11.0 Å². The third kappa shape index (κ3) is 7.15. The summed E-state index contributed by atoms with van der Waals surface area (Å²) >= 11 is 1.53. The number of hydrogen-bond donors (Lipinski definition) is 1. The number of nitro groups is 1. The summed E-state index contributed by atoms with van der Waals surface area (Å²) < 4.78 is 1.86.